The molecule has 2 aromatic carbocycles. The SMILES string of the molecule is CCCOc1ccc(Br)cc1/C=N/NS(=O)(=O)c1ccc(C)cc1. The summed E-state index contributed by atoms with van der Waals surface area (Å²) in [5, 5.41) is 3.86. The second-order valence-electron chi connectivity index (χ2n) is 5.20. The Kier molecular flexibility index (Phi) is 6.39. The van der Waals surface area contributed by atoms with Crippen LogP contribution < -0.4 is 9.57 Å². The predicted molar refractivity (Wildman–Crippen MR) is 99.0 cm³/mol. The molecule has 0 aliphatic rings. The molecule has 0 aliphatic carbocycles. The van der Waals surface area contributed by atoms with E-state index in [-0.39, 0.29) is 4.90 Å². The van der Waals surface area contributed by atoms with E-state index in [1.165, 1.54) is 6.21 Å². The third-order valence-electron chi connectivity index (χ3n) is 3.14. The first-order chi connectivity index (χ1) is 11.4. The van der Waals surface area contributed by atoms with Gasteiger partial charge in [-0.05, 0) is 43.7 Å². The number of hydrazone groups is 1. The number of benzene rings is 2. The van der Waals surface area contributed by atoms with Crippen LogP contribution >= 0.6 is 15.9 Å². The van der Waals surface area contributed by atoms with E-state index in [1.807, 2.05) is 32.0 Å². The van der Waals surface area contributed by atoms with Gasteiger partial charge in [-0.3, -0.25) is 0 Å². The summed E-state index contributed by atoms with van der Waals surface area (Å²) in [5.41, 5.74) is 1.67. The van der Waals surface area contributed by atoms with Gasteiger partial charge in [0.2, 0.25) is 0 Å². The zero-order valence-electron chi connectivity index (χ0n) is 13.5. The molecule has 0 aromatic heterocycles. The van der Waals surface area contributed by atoms with Crippen molar-refractivity contribution in [1.82, 2.24) is 4.83 Å². The highest BCUT2D eigenvalue weighted by atomic mass is 79.9. The molecule has 2 aromatic rings. The number of aryl methyl sites for hydroxylation is 1. The molecule has 5 nitrogen and oxygen atoms in total. The van der Waals surface area contributed by atoms with Crippen molar-refractivity contribution in [3.63, 3.8) is 0 Å². The van der Waals surface area contributed by atoms with Gasteiger partial charge >= 0.3 is 0 Å². The fraction of sp³-hybridized carbons (Fsp3) is 0.235. The van der Waals surface area contributed by atoms with Gasteiger partial charge in [-0.2, -0.15) is 13.5 Å². The summed E-state index contributed by atoms with van der Waals surface area (Å²) in [4.78, 5) is 2.39. The maximum Gasteiger partial charge on any atom is 0.276 e. The molecule has 0 saturated carbocycles. The molecule has 24 heavy (non-hydrogen) atoms. The quantitative estimate of drug-likeness (QED) is 0.556. The van der Waals surface area contributed by atoms with E-state index in [2.05, 4.69) is 25.9 Å². The Hall–Kier alpha value is -1.86. The second-order valence-corrected chi connectivity index (χ2v) is 7.77. The van der Waals surface area contributed by atoms with Gasteiger partial charge in [-0.25, -0.2) is 4.83 Å². The maximum atomic E-state index is 12.2. The Morgan fingerprint density at radius 1 is 1.21 bits per heavy atom. The van der Waals surface area contributed by atoms with E-state index in [0.29, 0.717) is 17.9 Å². The van der Waals surface area contributed by atoms with Crippen molar-refractivity contribution < 1.29 is 13.2 Å². The van der Waals surface area contributed by atoms with Gasteiger partial charge in [0.15, 0.2) is 0 Å². The monoisotopic (exact) mass is 410 g/mol. The van der Waals surface area contributed by atoms with Gasteiger partial charge in [0.25, 0.3) is 10.0 Å². The normalized spacial score (nSPS) is 11.6. The number of nitrogens with one attached hydrogen (secondary N) is 1. The first kappa shape index (κ1) is 18.5. The van der Waals surface area contributed by atoms with Gasteiger partial charge in [-0.1, -0.05) is 40.5 Å². The number of hydrogen-bond donors (Lipinski definition) is 1. The van der Waals surface area contributed by atoms with Crippen LogP contribution in [0, 0.1) is 6.92 Å². The van der Waals surface area contributed by atoms with Crippen molar-refractivity contribution in [2.75, 3.05) is 6.61 Å². The Balaban J connectivity index is 2.16. The van der Waals surface area contributed by atoms with Gasteiger partial charge < -0.3 is 4.74 Å². The third kappa shape index (κ3) is 5.07. The third-order valence-corrected chi connectivity index (χ3v) is 4.87. The molecule has 0 bridgehead atoms. The smallest absolute Gasteiger partial charge is 0.276 e. The standard InChI is InChI=1S/C17H19BrN2O3S/c1-3-10-23-17-9-6-15(18)11-14(17)12-19-20-24(21,22)16-7-4-13(2)5-8-16/h4-9,11-12,20H,3,10H2,1-2H3/b19-12+. The van der Waals surface area contributed by atoms with Crippen LogP contribution in [0.5, 0.6) is 5.75 Å². The van der Waals surface area contributed by atoms with Crippen LogP contribution in [0.2, 0.25) is 0 Å². The zero-order chi connectivity index (χ0) is 17.6. The number of hydrogen-bond acceptors (Lipinski definition) is 4. The summed E-state index contributed by atoms with van der Waals surface area (Å²) in [6.07, 6.45) is 2.31. The Morgan fingerprint density at radius 3 is 2.58 bits per heavy atom. The molecule has 128 valence electrons. The van der Waals surface area contributed by atoms with Gasteiger partial charge in [0.05, 0.1) is 17.7 Å². The molecule has 0 amide bonds. The number of halogens is 1. The molecule has 0 heterocycles. The lowest BCUT2D eigenvalue weighted by Gasteiger charge is -2.08. The highest BCUT2D eigenvalue weighted by Crippen LogP contribution is 2.22. The Morgan fingerprint density at radius 2 is 1.92 bits per heavy atom. The van der Waals surface area contributed by atoms with Gasteiger partial charge in [0.1, 0.15) is 5.75 Å². The summed E-state index contributed by atoms with van der Waals surface area (Å²) in [7, 11) is -3.69. The van der Waals surface area contributed by atoms with Gasteiger partial charge in [0, 0.05) is 10.0 Å². The largest absolute Gasteiger partial charge is 0.493 e. The lowest BCUT2D eigenvalue weighted by Crippen LogP contribution is -2.18. The molecule has 0 radical (unpaired) electrons. The fourth-order valence-electron chi connectivity index (χ4n) is 1.90. The fourth-order valence-corrected chi connectivity index (χ4v) is 3.07. The van der Waals surface area contributed by atoms with Crippen molar-refractivity contribution in [1.29, 1.82) is 0 Å². The molecule has 7 heteroatoms. The van der Waals surface area contributed by atoms with Crippen molar-refractivity contribution in [2.45, 2.75) is 25.2 Å². The minimum Gasteiger partial charge on any atom is -0.493 e. The summed E-state index contributed by atoms with van der Waals surface area (Å²) < 4.78 is 30.9. The maximum absolute atomic E-state index is 12.2. The second kappa shape index (κ2) is 8.30. The molecule has 0 unspecified atom stereocenters. The average molecular weight is 411 g/mol. The lowest BCUT2D eigenvalue weighted by atomic mass is 10.2. The summed E-state index contributed by atoms with van der Waals surface area (Å²) in [6.45, 7) is 4.49. The summed E-state index contributed by atoms with van der Waals surface area (Å²) in [6, 6.07) is 12.1. The molecule has 2 rings (SSSR count). The van der Waals surface area contributed by atoms with Crippen molar-refractivity contribution >= 4 is 32.2 Å². The molecule has 0 atom stereocenters. The van der Waals surface area contributed by atoms with Crippen LogP contribution in [0.3, 0.4) is 0 Å². The first-order valence-electron chi connectivity index (χ1n) is 7.46. The van der Waals surface area contributed by atoms with E-state index < -0.39 is 10.0 Å². The molecule has 0 aliphatic heterocycles. The average Bonchev–Trinajstić information content (AvgIpc) is 2.54. The van der Waals surface area contributed by atoms with E-state index in [0.717, 1.165) is 16.5 Å². The van der Waals surface area contributed by atoms with Crippen LogP contribution in [0.4, 0.5) is 0 Å². The Labute approximate surface area is 150 Å². The number of nitrogens with zero attached hydrogens (tertiary/aromatic N) is 1. The molecular formula is C17H19BrN2O3S. The zero-order valence-corrected chi connectivity index (χ0v) is 15.9. The topological polar surface area (TPSA) is 67.8 Å². The first-order valence-corrected chi connectivity index (χ1v) is 9.74. The number of rotatable bonds is 7. The highest BCUT2D eigenvalue weighted by molar-refractivity contribution is 9.10. The lowest BCUT2D eigenvalue weighted by molar-refractivity contribution is 0.317. The molecular weight excluding hydrogens is 392 g/mol. The van der Waals surface area contributed by atoms with Gasteiger partial charge in [-0.15, -0.1) is 0 Å². The summed E-state index contributed by atoms with van der Waals surface area (Å²) in [5.74, 6) is 0.651. The molecule has 0 spiro atoms. The number of ether oxygens (including phenoxy) is 1. The molecule has 1 N–H and O–H groups in total. The molecule has 0 saturated heterocycles. The highest BCUT2D eigenvalue weighted by Gasteiger charge is 2.12. The molecule has 0 fully saturated rings. The van der Waals surface area contributed by atoms with Crippen LogP contribution in [-0.2, 0) is 10.0 Å². The minimum atomic E-state index is -3.69. The minimum absolute atomic E-state index is 0.168. The number of sulfonamides is 1. The van der Waals surface area contributed by atoms with Crippen LogP contribution in [-0.4, -0.2) is 21.2 Å². The van der Waals surface area contributed by atoms with Crippen LogP contribution in [0.1, 0.15) is 24.5 Å². The van der Waals surface area contributed by atoms with Crippen molar-refractivity contribution in [2.24, 2.45) is 5.10 Å². The van der Waals surface area contributed by atoms with Crippen LogP contribution in [0.25, 0.3) is 0 Å². The van der Waals surface area contributed by atoms with E-state index in [9.17, 15) is 8.42 Å². The van der Waals surface area contributed by atoms with Crippen LogP contribution in [0.15, 0.2) is 56.9 Å². The van der Waals surface area contributed by atoms with E-state index >= 15 is 0 Å². The summed E-state index contributed by atoms with van der Waals surface area (Å²) >= 11 is 3.38. The van der Waals surface area contributed by atoms with E-state index in [1.54, 1.807) is 24.3 Å². The predicted octanol–water partition coefficient (Wildman–Crippen LogP) is 3.86. The van der Waals surface area contributed by atoms with E-state index in [4.69, 9.17) is 4.74 Å². The van der Waals surface area contributed by atoms with Crippen molar-refractivity contribution in [3.05, 3.63) is 58.1 Å². The Bertz CT molecular complexity index is 818. The van der Waals surface area contributed by atoms with Crippen molar-refractivity contribution in [3.8, 4) is 5.75 Å².